The summed E-state index contributed by atoms with van der Waals surface area (Å²) in [5, 5.41) is 2.71. The van der Waals surface area contributed by atoms with E-state index in [0.29, 0.717) is 6.54 Å². The molecule has 1 aromatic rings. The van der Waals surface area contributed by atoms with E-state index in [1.54, 1.807) is 11.8 Å². The van der Waals surface area contributed by atoms with Gasteiger partial charge in [-0.3, -0.25) is 4.79 Å². The molecule has 1 fully saturated rings. The fourth-order valence-corrected chi connectivity index (χ4v) is 3.32. The van der Waals surface area contributed by atoms with Gasteiger partial charge in [-0.1, -0.05) is 12.8 Å². The zero-order valence-electron chi connectivity index (χ0n) is 10.7. The van der Waals surface area contributed by atoms with E-state index in [1.165, 1.54) is 6.07 Å². The number of halogens is 2. The molecule has 3 nitrogen and oxygen atoms in total. The molecule has 104 valence electrons. The standard InChI is InChI=1S/C13H16F2N2OS/c1-19-13(5-2-3-6-13)8-17-12(18)9-4-7-16-11(15)10(9)14/h4,7H,2-3,5-6,8H2,1H3,(H,17,18). The Morgan fingerprint density at radius 2 is 2.16 bits per heavy atom. The summed E-state index contributed by atoms with van der Waals surface area (Å²) in [4.78, 5) is 15.0. The van der Waals surface area contributed by atoms with Crippen LogP contribution in [0.3, 0.4) is 0 Å². The molecule has 0 unspecified atom stereocenters. The average Bonchev–Trinajstić information content (AvgIpc) is 2.89. The van der Waals surface area contributed by atoms with E-state index in [2.05, 4.69) is 10.3 Å². The van der Waals surface area contributed by atoms with Crippen LogP contribution >= 0.6 is 11.8 Å². The summed E-state index contributed by atoms with van der Waals surface area (Å²) < 4.78 is 26.4. The molecule has 1 saturated carbocycles. The topological polar surface area (TPSA) is 42.0 Å². The predicted molar refractivity (Wildman–Crippen MR) is 71.2 cm³/mol. The smallest absolute Gasteiger partial charge is 0.254 e. The first-order chi connectivity index (χ1) is 9.08. The number of amides is 1. The van der Waals surface area contributed by atoms with Crippen molar-refractivity contribution in [2.24, 2.45) is 0 Å². The van der Waals surface area contributed by atoms with Gasteiger partial charge in [0.1, 0.15) is 0 Å². The van der Waals surface area contributed by atoms with E-state index in [9.17, 15) is 13.6 Å². The second-order valence-electron chi connectivity index (χ2n) is 4.74. The van der Waals surface area contributed by atoms with Crippen LogP contribution in [0.15, 0.2) is 12.3 Å². The van der Waals surface area contributed by atoms with E-state index in [1.807, 2.05) is 6.26 Å². The fraction of sp³-hybridized carbons (Fsp3) is 0.538. The Hall–Kier alpha value is -1.17. The Bertz CT molecular complexity index is 476. The molecule has 0 spiro atoms. The van der Waals surface area contributed by atoms with Crippen LogP contribution in [0.4, 0.5) is 8.78 Å². The molecular formula is C13H16F2N2OS. The van der Waals surface area contributed by atoms with Crippen molar-refractivity contribution in [3.05, 3.63) is 29.6 Å². The molecule has 0 aromatic carbocycles. The predicted octanol–water partition coefficient (Wildman–Crippen LogP) is 2.77. The van der Waals surface area contributed by atoms with E-state index in [4.69, 9.17) is 0 Å². The summed E-state index contributed by atoms with van der Waals surface area (Å²) in [5.74, 6) is -3.02. The highest BCUT2D eigenvalue weighted by molar-refractivity contribution is 8.00. The van der Waals surface area contributed by atoms with Crippen LogP contribution in [-0.2, 0) is 0 Å². The van der Waals surface area contributed by atoms with E-state index >= 15 is 0 Å². The molecule has 6 heteroatoms. The molecule has 1 aliphatic rings. The van der Waals surface area contributed by atoms with Crippen LogP contribution in [0.1, 0.15) is 36.0 Å². The lowest BCUT2D eigenvalue weighted by atomic mass is 10.1. The van der Waals surface area contributed by atoms with Gasteiger partial charge in [-0.05, 0) is 25.2 Å². The van der Waals surface area contributed by atoms with Gasteiger partial charge in [0.05, 0.1) is 5.56 Å². The van der Waals surface area contributed by atoms with E-state index in [0.717, 1.165) is 31.9 Å². The van der Waals surface area contributed by atoms with Crippen molar-refractivity contribution < 1.29 is 13.6 Å². The maximum absolute atomic E-state index is 13.4. The highest BCUT2D eigenvalue weighted by Gasteiger charge is 2.33. The number of hydrogen-bond donors (Lipinski definition) is 1. The molecule has 0 saturated heterocycles. The van der Waals surface area contributed by atoms with Crippen molar-refractivity contribution in [1.29, 1.82) is 0 Å². The second-order valence-corrected chi connectivity index (χ2v) is 6.01. The third-order valence-electron chi connectivity index (χ3n) is 3.61. The van der Waals surface area contributed by atoms with E-state index in [-0.39, 0.29) is 10.3 Å². The van der Waals surface area contributed by atoms with Crippen LogP contribution in [0.2, 0.25) is 0 Å². The third kappa shape index (κ3) is 3.05. The van der Waals surface area contributed by atoms with Crippen molar-refractivity contribution in [1.82, 2.24) is 10.3 Å². The molecule has 2 rings (SSSR count). The number of aromatic nitrogens is 1. The molecule has 0 atom stereocenters. The molecule has 1 N–H and O–H groups in total. The maximum atomic E-state index is 13.4. The zero-order chi connectivity index (χ0) is 13.9. The van der Waals surface area contributed by atoms with Gasteiger partial charge in [0.2, 0.25) is 5.95 Å². The molecular weight excluding hydrogens is 270 g/mol. The second kappa shape index (κ2) is 5.86. The minimum absolute atomic E-state index is 0.0394. The number of hydrogen-bond acceptors (Lipinski definition) is 3. The Balaban J connectivity index is 2.03. The zero-order valence-corrected chi connectivity index (χ0v) is 11.5. The van der Waals surface area contributed by atoms with Crippen LogP contribution in [0, 0.1) is 11.8 Å². The first kappa shape index (κ1) is 14.2. The van der Waals surface area contributed by atoms with Gasteiger partial charge in [0.15, 0.2) is 5.82 Å². The Morgan fingerprint density at radius 3 is 2.79 bits per heavy atom. The average molecular weight is 286 g/mol. The van der Waals surface area contributed by atoms with Crippen molar-refractivity contribution in [2.75, 3.05) is 12.8 Å². The van der Waals surface area contributed by atoms with Crippen molar-refractivity contribution in [3.8, 4) is 0 Å². The van der Waals surface area contributed by atoms with Crippen LogP contribution in [0.25, 0.3) is 0 Å². The van der Waals surface area contributed by atoms with Gasteiger partial charge in [0.25, 0.3) is 5.91 Å². The highest BCUT2D eigenvalue weighted by atomic mass is 32.2. The number of nitrogens with zero attached hydrogens (tertiary/aromatic N) is 1. The molecule has 1 heterocycles. The first-order valence-electron chi connectivity index (χ1n) is 6.21. The monoisotopic (exact) mass is 286 g/mol. The van der Waals surface area contributed by atoms with Gasteiger partial charge in [-0.2, -0.15) is 16.2 Å². The van der Waals surface area contributed by atoms with Crippen molar-refractivity contribution >= 4 is 17.7 Å². The molecule has 0 aliphatic heterocycles. The maximum Gasteiger partial charge on any atom is 0.254 e. The largest absolute Gasteiger partial charge is 0.351 e. The Morgan fingerprint density at radius 1 is 1.47 bits per heavy atom. The number of pyridine rings is 1. The quantitative estimate of drug-likeness (QED) is 0.865. The Labute approximate surface area is 115 Å². The van der Waals surface area contributed by atoms with E-state index < -0.39 is 17.7 Å². The number of carbonyl (C=O) groups excluding carboxylic acids is 1. The summed E-state index contributed by atoms with van der Waals surface area (Å²) in [6, 6.07) is 1.19. The summed E-state index contributed by atoms with van der Waals surface area (Å²) in [6.45, 7) is 0.483. The minimum atomic E-state index is -1.24. The van der Waals surface area contributed by atoms with Crippen LogP contribution in [0.5, 0.6) is 0 Å². The molecule has 0 bridgehead atoms. The lowest BCUT2D eigenvalue weighted by Gasteiger charge is -2.26. The van der Waals surface area contributed by atoms with Crippen LogP contribution < -0.4 is 5.32 Å². The number of rotatable bonds is 4. The fourth-order valence-electron chi connectivity index (χ4n) is 2.40. The van der Waals surface area contributed by atoms with Gasteiger partial charge >= 0.3 is 0 Å². The summed E-state index contributed by atoms with van der Waals surface area (Å²) >= 11 is 1.73. The van der Waals surface area contributed by atoms with Crippen molar-refractivity contribution in [3.63, 3.8) is 0 Å². The Kier molecular flexibility index (Phi) is 4.39. The molecule has 0 radical (unpaired) electrons. The SMILES string of the molecule is CSC1(CNC(=O)c2ccnc(F)c2F)CCCC1. The summed E-state index contributed by atoms with van der Waals surface area (Å²) in [5.41, 5.74) is -0.290. The molecule has 1 amide bonds. The molecule has 19 heavy (non-hydrogen) atoms. The minimum Gasteiger partial charge on any atom is -0.351 e. The lowest BCUT2D eigenvalue weighted by Crippen LogP contribution is -2.38. The molecule has 1 aromatic heterocycles. The van der Waals surface area contributed by atoms with Gasteiger partial charge in [-0.25, -0.2) is 9.37 Å². The normalized spacial score (nSPS) is 17.4. The summed E-state index contributed by atoms with van der Waals surface area (Å²) in [7, 11) is 0. The number of thioether (sulfide) groups is 1. The van der Waals surface area contributed by atoms with Gasteiger partial charge < -0.3 is 5.32 Å². The highest BCUT2D eigenvalue weighted by Crippen LogP contribution is 2.39. The van der Waals surface area contributed by atoms with Gasteiger partial charge in [-0.15, -0.1) is 0 Å². The van der Waals surface area contributed by atoms with Gasteiger partial charge in [0, 0.05) is 17.5 Å². The lowest BCUT2D eigenvalue weighted by molar-refractivity contribution is 0.0944. The summed E-state index contributed by atoms with van der Waals surface area (Å²) in [6.07, 6.45) is 7.49. The third-order valence-corrected chi connectivity index (χ3v) is 5.03. The van der Waals surface area contributed by atoms with Crippen LogP contribution in [-0.4, -0.2) is 28.4 Å². The van der Waals surface area contributed by atoms with Crippen molar-refractivity contribution in [2.45, 2.75) is 30.4 Å². The first-order valence-corrected chi connectivity index (χ1v) is 7.44. The number of carbonyl (C=O) groups is 1. The number of nitrogens with one attached hydrogen (secondary N) is 1. The molecule has 1 aliphatic carbocycles.